The average Bonchev–Trinajstić information content (AvgIpc) is 3.08. The molecule has 0 bridgehead atoms. The Labute approximate surface area is 137 Å². The number of hydrogen-bond acceptors (Lipinski definition) is 6. The summed E-state index contributed by atoms with van der Waals surface area (Å²) in [4.78, 5) is 13.5. The van der Waals surface area contributed by atoms with E-state index < -0.39 is 0 Å². The molecule has 1 aliphatic heterocycles. The highest BCUT2D eigenvalue weighted by molar-refractivity contribution is 5.77. The van der Waals surface area contributed by atoms with Crippen molar-refractivity contribution in [2.75, 3.05) is 47.3 Å². The second kappa shape index (κ2) is 9.50. The van der Waals surface area contributed by atoms with Gasteiger partial charge in [0.2, 0.25) is 0 Å². The number of carbonyl (C=O) groups is 1. The average molecular weight is 323 g/mol. The fourth-order valence-electron chi connectivity index (χ4n) is 2.67. The molecule has 0 atom stereocenters. The van der Waals surface area contributed by atoms with Crippen LogP contribution in [-0.4, -0.2) is 58.5 Å². The molecule has 0 N–H and O–H groups in total. The van der Waals surface area contributed by atoms with E-state index in [9.17, 15) is 4.79 Å². The number of ether oxygens (including phenoxy) is 4. The summed E-state index contributed by atoms with van der Waals surface area (Å²) in [5.41, 5.74) is 1.53. The smallest absolute Gasteiger partial charge is 0.189 e. The second-order valence-corrected chi connectivity index (χ2v) is 5.48. The zero-order valence-electron chi connectivity index (χ0n) is 13.9. The first-order chi connectivity index (χ1) is 11.3. The molecule has 1 aliphatic rings. The Morgan fingerprint density at radius 1 is 1.17 bits per heavy atom. The first-order valence-corrected chi connectivity index (χ1v) is 7.86. The quantitative estimate of drug-likeness (QED) is 0.373. The minimum Gasteiger partial charge on any atom is -0.493 e. The molecule has 2 rings (SSSR count). The molecular weight excluding hydrogens is 298 g/mol. The first kappa shape index (κ1) is 17.7. The molecule has 6 heteroatoms. The SMILES string of the molecule is COCCOCOc1c(CN2CCCC2)cc(C=O)cc1OC. The largest absolute Gasteiger partial charge is 0.493 e. The van der Waals surface area contributed by atoms with E-state index in [1.165, 1.54) is 12.8 Å². The summed E-state index contributed by atoms with van der Waals surface area (Å²) >= 11 is 0. The van der Waals surface area contributed by atoms with E-state index in [0.29, 0.717) is 30.3 Å². The number of benzene rings is 1. The Hall–Kier alpha value is -1.63. The van der Waals surface area contributed by atoms with E-state index in [0.717, 1.165) is 31.5 Å². The van der Waals surface area contributed by atoms with Gasteiger partial charge in [0, 0.05) is 24.8 Å². The zero-order valence-corrected chi connectivity index (χ0v) is 13.9. The lowest BCUT2D eigenvalue weighted by Crippen LogP contribution is -2.19. The number of rotatable bonds is 10. The lowest BCUT2D eigenvalue weighted by Gasteiger charge is -2.20. The number of nitrogens with zero attached hydrogens (tertiary/aromatic N) is 1. The summed E-state index contributed by atoms with van der Waals surface area (Å²) in [5.74, 6) is 1.20. The number of methoxy groups -OCH3 is 2. The van der Waals surface area contributed by atoms with Crippen LogP contribution in [0, 0.1) is 0 Å². The van der Waals surface area contributed by atoms with Gasteiger partial charge in [-0.15, -0.1) is 0 Å². The van der Waals surface area contributed by atoms with Crippen molar-refractivity contribution in [3.63, 3.8) is 0 Å². The molecule has 0 spiro atoms. The Balaban J connectivity index is 2.12. The highest BCUT2D eigenvalue weighted by atomic mass is 16.7. The molecule has 0 saturated carbocycles. The van der Waals surface area contributed by atoms with E-state index in [2.05, 4.69) is 4.90 Å². The first-order valence-electron chi connectivity index (χ1n) is 7.86. The van der Waals surface area contributed by atoms with Crippen molar-refractivity contribution in [3.8, 4) is 11.5 Å². The maximum Gasteiger partial charge on any atom is 0.189 e. The van der Waals surface area contributed by atoms with Gasteiger partial charge in [-0.3, -0.25) is 9.69 Å². The van der Waals surface area contributed by atoms with Gasteiger partial charge in [0.05, 0.1) is 20.3 Å². The monoisotopic (exact) mass is 323 g/mol. The van der Waals surface area contributed by atoms with Gasteiger partial charge in [-0.05, 0) is 38.1 Å². The second-order valence-electron chi connectivity index (χ2n) is 5.48. The summed E-state index contributed by atoms with van der Waals surface area (Å²) in [6.07, 6.45) is 3.25. The predicted molar refractivity (Wildman–Crippen MR) is 86.2 cm³/mol. The lowest BCUT2D eigenvalue weighted by molar-refractivity contribution is -0.0101. The van der Waals surface area contributed by atoms with Crippen molar-refractivity contribution in [2.45, 2.75) is 19.4 Å². The van der Waals surface area contributed by atoms with Crippen LogP contribution in [0.3, 0.4) is 0 Å². The van der Waals surface area contributed by atoms with Crippen LogP contribution in [0.15, 0.2) is 12.1 Å². The van der Waals surface area contributed by atoms with Gasteiger partial charge < -0.3 is 18.9 Å². The third-order valence-electron chi connectivity index (χ3n) is 3.82. The Morgan fingerprint density at radius 2 is 1.96 bits per heavy atom. The molecule has 0 aromatic heterocycles. The van der Waals surface area contributed by atoms with Gasteiger partial charge >= 0.3 is 0 Å². The van der Waals surface area contributed by atoms with Crippen LogP contribution < -0.4 is 9.47 Å². The van der Waals surface area contributed by atoms with Gasteiger partial charge in [-0.1, -0.05) is 0 Å². The zero-order chi connectivity index (χ0) is 16.5. The molecule has 1 fully saturated rings. The van der Waals surface area contributed by atoms with Crippen LogP contribution in [0.25, 0.3) is 0 Å². The molecule has 128 valence electrons. The predicted octanol–water partition coefficient (Wildman–Crippen LogP) is 2.10. The van der Waals surface area contributed by atoms with Crippen LogP contribution in [0.5, 0.6) is 11.5 Å². The molecule has 23 heavy (non-hydrogen) atoms. The number of hydrogen-bond donors (Lipinski definition) is 0. The maximum atomic E-state index is 11.2. The molecule has 0 aliphatic carbocycles. The van der Waals surface area contributed by atoms with E-state index in [-0.39, 0.29) is 6.79 Å². The summed E-state index contributed by atoms with van der Waals surface area (Å²) in [6, 6.07) is 3.54. The molecule has 0 unspecified atom stereocenters. The fourth-order valence-corrected chi connectivity index (χ4v) is 2.67. The Kier molecular flexibility index (Phi) is 7.32. The summed E-state index contributed by atoms with van der Waals surface area (Å²) < 4.78 is 21.5. The van der Waals surface area contributed by atoms with E-state index in [1.807, 2.05) is 6.07 Å². The van der Waals surface area contributed by atoms with Gasteiger partial charge in [0.1, 0.15) is 6.29 Å². The molecule has 6 nitrogen and oxygen atoms in total. The summed E-state index contributed by atoms with van der Waals surface area (Å²) in [5, 5.41) is 0. The Bertz CT molecular complexity index is 500. The van der Waals surface area contributed by atoms with E-state index in [1.54, 1.807) is 20.3 Å². The standard InChI is InChI=1S/C17H25NO5/c1-20-7-8-22-13-23-17-15(11-18-5-3-4-6-18)9-14(12-19)10-16(17)21-2/h9-10,12H,3-8,11,13H2,1-2H3. The van der Waals surface area contributed by atoms with Crippen molar-refractivity contribution in [1.82, 2.24) is 4.90 Å². The topological polar surface area (TPSA) is 57.2 Å². The number of carbonyl (C=O) groups excluding carboxylic acids is 1. The normalized spacial score (nSPS) is 14.9. The summed E-state index contributed by atoms with van der Waals surface area (Å²) in [6.45, 7) is 3.98. The number of likely N-dealkylation sites (tertiary alicyclic amines) is 1. The van der Waals surface area contributed by atoms with Crippen molar-refractivity contribution in [2.24, 2.45) is 0 Å². The third-order valence-corrected chi connectivity index (χ3v) is 3.82. The van der Waals surface area contributed by atoms with Crippen molar-refractivity contribution >= 4 is 6.29 Å². The molecule has 1 aromatic rings. The molecular formula is C17H25NO5. The maximum absolute atomic E-state index is 11.2. The highest BCUT2D eigenvalue weighted by Crippen LogP contribution is 2.34. The van der Waals surface area contributed by atoms with E-state index >= 15 is 0 Å². The number of aldehydes is 1. The molecule has 1 saturated heterocycles. The third kappa shape index (κ3) is 5.20. The van der Waals surface area contributed by atoms with Crippen LogP contribution in [-0.2, 0) is 16.0 Å². The molecule has 0 radical (unpaired) electrons. The van der Waals surface area contributed by atoms with Crippen LogP contribution >= 0.6 is 0 Å². The van der Waals surface area contributed by atoms with Crippen LogP contribution in [0.4, 0.5) is 0 Å². The van der Waals surface area contributed by atoms with E-state index in [4.69, 9.17) is 18.9 Å². The van der Waals surface area contributed by atoms with Gasteiger partial charge in [0.25, 0.3) is 0 Å². The highest BCUT2D eigenvalue weighted by Gasteiger charge is 2.18. The Morgan fingerprint density at radius 3 is 2.61 bits per heavy atom. The van der Waals surface area contributed by atoms with Crippen molar-refractivity contribution in [3.05, 3.63) is 23.3 Å². The molecule has 1 aromatic carbocycles. The van der Waals surface area contributed by atoms with Gasteiger partial charge in [-0.25, -0.2) is 0 Å². The minimum absolute atomic E-state index is 0.118. The van der Waals surface area contributed by atoms with Gasteiger partial charge in [0.15, 0.2) is 18.3 Å². The summed E-state index contributed by atoms with van der Waals surface area (Å²) in [7, 11) is 3.20. The van der Waals surface area contributed by atoms with Crippen LogP contribution in [0.1, 0.15) is 28.8 Å². The van der Waals surface area contributed by atoms with Gasteiger partial charge in [-0.2, -0.15) is 0 Å². The minimum atomic E-state index is 0.118. The van der Waals surface area contributed by atoms with Crippen molar-refractivity contribution in [1.29, 1.82) is 0 Å². The van der Waals surface area contributed by atoms with Crippen molar-refractivity contribution < 1.29 is 23.7 Å². The fraction of sp³-hybridized carbons (Fsp3) is 0.588. The molecule has 0 amide bonds. The van der Waals surface area contributed by atoms with Crippen LogP contribution in [0.2, 0.25) is 0 Å². The lowest BCUT2D eigenvalue weighted by atomic mass is 10.1. The molecule has 1 heterocycles.